The average molecular weight is 308 g/mol. The zero-order valence-corrected chi connectivity index (χ0v) is 13.2. The first-order valence-corrected chi connectivity index (χ1v) is 7.78. The highest BCUT2D eigenvalue weighted by Gasteiger charge is 2.19. The molecule has 0 saturated carbocycles. The van der Waals surface area contributed by atoms with E-state index in [0.717, 1.165) is 51.2 Å². The number of anilines is 1. The van der Waals surface area contributed by atoms with Crippen molar-refractivity contribution in [2.24, 2.45) is 0 Å². The number of nitriles is 1. The van der Waals surface area contributed by atoms with Gasteiger partial charge in [-0.2, -0.15) is 5.26 Å². The van der Waals surface area contributed by atoms with E-state index in [4.69, 9.17) is 21.6 Å². The number of nitrogens with zero attached hydrogens (tertiary/aromatic N) is 2. The lowest BCUT2D eigenvalue weighted by Crippen LogP contribution is -2.39. The lowest BCUT2D eigenvalue weighted by molar-refractivity contribution is 0.159. The molecule has 1 N–H and O–H groups in total. The number of methoxy groups -OCH3 is 1. The summed E-state index contributed by atoms with van der Waals surface area (Å²) in [6, 6.07) is 8.06. The van der Waals surface area contributed by atoms with E-state index in [1.165, 1.54) is 0 Å². The quantitative estimate of drug-likeness (QED) is 0.820. The first-order valence-electron chi connectivity index (χ1n) is 7.40. The molecule has 1 heterocycles. The topological polar surface area (TPSA) is 48.3 Å². The number of piperidine rings is 1. The number of likely N-dealkylation sites (tertiary alicyclic amines) is 1. The molecule has 1 aliphatic heterocycles. The molecule has 0 aromatic heterocycles. The van der Waals surface area contributed by atoms with Gasteiger partial charge >= 0.3 is 0 Å². The Morgan fingerprint density at radius 3 is 2.86 bits per heavy atom. The fourth-order valence-corrected chi connectivity index (χ4v) is 2.86. The minimum Gasteiger partial charge on any atom is -0.385 e. The van der Waals surface area contributed by atoms with E-state index < -0.39 is 0 Å². The molecule has 114 valence electrons. The van der Waals surface area contributed by atoms with Crippen LogP contribution < -0.4 is 5.32 Å². The van der Waals surface area contributed by atoms with Crippen LogP contribution in [0.1, 0.15) is 24.8 Å². The first kappa shape index (κ1) is 16.1. The van der Waals surface area contributed by atoms with Crippen LogP contribution in [-0.4, -0.2) is 44.3 Å². The maximum absolute atomic E-state index is 9.17. The Balaban J connectivity index is 1.82. The number of ether oxygens (including phenoxy) is 1. The maximum atomic E-state index is 9.17. The highest BCUT2D eigenvalue weighted by Crippen LogP contribution is 2.23. The van der Waals surface area contributed by atoms with Crippen LogP contribution in [0, 0.1) is 11.3 Å². The molecular weight excluding hydrogens is 286 g/mol. The monoisotopic (exact) mass is 307 g/mol. The number of halogens is 1. The molecule has 0 aliphatic carbocycles. The summed E-state index contributed by atoms with van der Waals surface area (Å²) in [5, 5.41) is 13.3. The Kier molecular flexibility index (Phi) is 6.31. The van der Waals surface area contributed by atoms with Crippen LogP contribution in [0.2, 0.25) is 5.02 Å². The van der Waals surface area contributed by atoms with Gasteiger partial charge in [0.1, 0.15) is 6.07 Å². The second-order valence-electron chi connectivity index (χ2n) is 5.41. The van der Waals surface area contributed by atoms with Crippen molar-refractivity contribution in [3.05, 3.63) is 28.8 Å². The van der Waals surface area contributed by atoms with Crippen molar-refractivity contribution in [2.75, 3.05) is 38.7 Å². The van der Waals surface area contributed by atoms with Crippen molar-refractivity contribution < 1.29 is 4.74 Å². The van der Waals surface area contributed by atoms with Gasteiger partial charge in [0.15, 0.2) is 0 Å². The van der Waals surface area contributed by atoms with Crippen LogP contribution in [0.4, 0.5) is 5.69 Å². The smallest absolute Gasteiger partial charge is 0.101 e. The summed E-state index contributed by atoms with van der Waals surface area (Å²) < 4.78 is 5.09. The van der Waals surface area contributed by atoms with Crippen molar-refractivity contribution in [2.45, 2.75) is 25.3 Å². The van der Waals surface area contributed by atoms with E-state index in [2.05, 4.69) is 16.3 Å². The molecule has 1 fully saturated rings. The fourth-order valence-electron chi connectivity index (χ4n) is 2.69. The van der Waals surface area contributed by atoms with E-state index in [0.29, 0.717) is 16.6 Å². The summed E-state index contributed by atoms with van der Waals surface area (Å²) in [5.41, 5.74) is 1.50. The van der Waals surface area contributed by atoms with E-state index in [9.17, 15) is 0 Å². The SMILES string of the molecule is COCCCN1CCC(Nc2ccc(Cl)cc2C#N)CC1. The molecule has 1 aliphatic rings. The third-order valence-corrected chi connectivity index (χ3v) is 4.11. The van der Waals surface area contributed by atoms with Crippen LogP contribution in [-0.2, 0) is 4.74 Å². The molecule has 0 amide bonds. The predicted octanol–water partition coefficient (Wildman–Crippen LogP) is 3.12. The van der Waals surface area contributed by atoms with Gasteiger partial charge < -0.3 is 15.0 Å². The molecular formula is C16H22ClN3O. The molecule has 0 unspecified atom stereocenters. The lowest BCUT2D eigenvalue weighted by atomic mass is 10.0. The number of hydrogen-bond donors (Lipinski definition) is 1. The molecule has 0 atom stereocenters. The summed E-state index contributed by atoms with van der Waals surface area (Å²) in [6.45, 7) is 4.12. The second kappa shape index (κ2) is 8.23. The molecule has 2 rings (SSSR count). The molecule has 21 heavy (non-hydrogen) atoms. The number of benzene rings is 1. The number of nitrogens with one attached hydrogen (secondary N) is 1. The standard InChI is InChI=1S/C16H22ClN3O/c1-21-10-2-7-20-8-5-15(6-9-20)19-16-4-3-14(17)11-13(16)12-18/h3-4,11,15,19H,2,5-10H2,1H3. The highest BCUT2D eigenvalue weighted by atomic mass is 35.5. The van der Waals surface area contributed by atoms with Crippen LogP contribution >= 0.6 is 11.6 Å². The summed E-state index contributed by atoms with van der Waals surface area (Å²) in [5.74, 6) is 0. The Morgan fingerprint density at radius 1 is 1.43 bits per heavy atom. The Bertz CT molecular complexity index is 493. The second-order valence-corrected chi connectivity index (χ2v) is 5.84. The molecule has 5 heteroatoms. The van der Waals surface area contributed by atoms with E-state index in [1.54, 1.807) is 13.2 Å². The highest BCUT2D eigenvalue weighted by molar-refractivity contribution is 6.30. The first-order chi connectivity index (χ1) is 10.2. The molecule has 4 nitrogen and oxygen atoms in total. The van der Waals surface area contributed by atoms with Crippen molar-refractivity contribution in [3.8, 4) is 6.07 Å². The molecule has 1 aromatic rings. The van der Waals surface area contributed by atoms with E-state index in [-0.39, 0.29) is 0 Å². The Morgan fingerprint density at radius 2 is 2.19 bits per heavy atom. The summed E-state index contributed by atoms with van der Waals surface area (Å²) in [4.78, 5) is 2.48. The molecule has 1 aromatic carbocycles. The average Bonchev–Trinajstić information content (AvgIpc) is 2.51. The zero-order chi connectivity index (χ0) is 15.1. The van der Waals surface area contributed by atoms with Gasteiger partial charge in [0.2, 0.25) is 0 Å². The number of hydrogen-bond acceptors (Lipinski definition) is 4. The minimum atomic E-state index is 0.428. The van der Waals surface area contributed by atoms with Crippen molar-refractivity contribution in [3.63, 3.8) is 0 Å². The Labute approximate surface area is 131 Å². The molecule has 0 radical (unpaired) electrons. The van der Waals surface area contributed by atoms with E-state index >= 15 is 0 Å². The van der Waals surface area contributed by atoms with Gasteiger partial charge in [-0.25, -0.2) is 0 Å². The van der Waals surface area contributed by atoms with Gasteiger partial charge in [0.05, 0.1) is 11.3 Å². The Hall–Kier alpha value is -1.28. The van der Waals surface area contributed by atoms with Gasteiger partial charge in [0, 0.05) is 44.4 Å². The van der Waals surface area contributed by atoms with Gasteiger partial charge in [-0.05, 0) is 37.5 Å². The summed E-state index contributed by atoms with van der Waals surface area (Å²) in [6.07, 6.45) is 3.28. The van der Waals surface area contributed by atoms with Crippen molar-refractivity contribution >= 4 is 17.3 Å². The summed E-state index contributed by atoms with van der Waals surface area (Å²) >= 11 is 5.92. The molecule has 0 spiro atoms. The van der Waals surface area contributed by atoms with Gasteiger partial charge in [-0.15, -0.1) is 0 Å². The predicted molar refractivity (Wildman–Crippen MR) is 85.7 cm³/mol. The lowest BCUT2D eigenvalue weighted by Gasteiger charge is -2.33. The van der Waals surface area contributed by atoms with Crippen LogP contribution in [0.5, 0.6) is 0 Å². The zero-order valence-electron chi connectivity index (χ0n) is 12.4. The van der Waals surface area contributed by atoms with E-state index in [1.807, 2.05) is 12.1 Å². The fraction of sp³-hybridized carbons (Fsp3) is 0.562. The number of rotatable bonds is 6. The van der Waals surface area contributed by atoms with Crippen LogP contribution in [0.25, 0.3) is 0 Å². The van der Waals surface area contributed by atoms with Gasteiger partial charge in [0.25, 0.3) is 0 Å². The largest absolute Gasteiger partial charge is 0.385 e. The summed E-state index contributed by atoms with van der Waals surface area (Å²) in [7, 11) is 1.75. The minimum absolute atomic E-state index is 0.428. The van der Waals surface area contributed by atoms with Crippen LogP contribution in [0.3, 0.4) is 0 Å². The van der Waals surface area contributed by atoms with Gasteiger partial charge in [-0.1, -0.05) is 11.6 Å². The van der Waals surface area contributed by atoms with Gasteiger partial charge in [-0.3, -0.25) is 0 Å². The third kappa shape index (κ3) is 4.89. The van der Waals surface area contributed by atoms with Crippen LogP contribution in [0.15, 0.2) is 18.2 Å². The molecule has 1 saturated heterocycles. The molecule has 0 bridgehead atoms. The van der Waals surface area contributed by atoms with Crippen molar-refractivity contribution in [1.29, 1.82) is 5.26 Å². The van der Waals surface area contributed by atoms with Crippen molar-refractivity contribution in [1.82, 2.24) is 4.90 Å². The third-order valence-electron chi connectivity index (χ3n) is 3.87. The maximum Gasteiger partial charge on any atom is 0.101 e. The normalized spacial score (nSPS) is 16.6.